The summed E-state index contributed by atoms with van der Waals surface area (Å²) in [4.78, 5) is 38.1. The molecule has 2 rings (SSSR count). The molecule has 5 heteroatoms. The number of ketones is 2. The molecule has 0 saturated heterocycles. The summed E-state index contributed by atoms with van der Waals surface area (Å²) in [5.41, 5.74) is 0.311. The van der Waals surface area contributed by atoms with Crippen LogP contribution >= 0.6 is 0 Å². The molecule has 21 heavy (non-hydrogen) atoms. The van der Waals surface area contributed by atoms with Crippen molar-refractivity contribution in [2.24, 2.45) is 0 Å². The number of nitrogens with zero attached hydrogens (tertiary/aromatic N) is 1. The fraction of sp³-hybridized carbons (Fsp3) is 0.125. The van der Waals surface area contributed by atoms with Crippen molar-refractivity contribution < 1.29 is 9.59 Å². The van der Waals surface area contributed by atoms with Crippen molar-refractivity contribution in [2.75, 3.05) is 0 Å². The highest BCUT2D eigenvalue weighted by atomic mass is 16.1. The van der Waals surface area contributed by atoms with Gasteiger partial charge in [-0.1, -0.05) is 30.3 Å². The zero-order valence-corrected chi connectivity index (χ0v) is 11.3. The first-order chi connectivity index (χ1) is 10.0. The highest BCUT2D eigenvalue weighted by molar-refractivity contribution is 6.13. The molecule has 104 valence electrons. The van der Waals surface area contributed by atoms with E-state index in [1.807, 2.05) is 0 Å². The molecule has 1 heterocycles. The van der Waals surface area contributed by atoms with Crippen LogP contribution in [0, 0.1) is 18.3 Å². The van der Waals surface area contributed by atoms with E-state index < -0.39 is 11.3 Å². The lowest BCUT2D eigenvalue weighted by Crippen LogP contribution is -2.17. The van der Waals surface area contributed by atoms with Crippen molar-refractivity contribution >= 4 is 11.6 Å². The van der Waals surface area contributed by atoms with E-state index in [0.717, 1.165) is 0 Å². The van der Waals surface area contributed by atoms with Crippen molar-refractivity contribution in [1.82, 2.24) is 4.98 Å². The van der Waals surface area contributed by atoms with E-state index in [-0.39, 0.29) is 23.3 Å². The molecule has 1 aromatic carbocycles. The first kappa shape index (κ1) is 14.4. The van der Waals surface area contributed by atoms with Crippen LogP contribution in [0.5, 0.6) is 0 Å². The molecule has 0 atom stereocenters. The van der Waals surface area contributed by atoms with E-state index in [1.165, 1.54) is 6.07 Å². The van der Waals surface area contributed by atoms with Crippen LogP contribution in [0.2, 0.25) is 0 Å². The number of aromatic amines is 1. The Labute approximate surface area is 120 Å². The fourth-order valence-corrected chi connectivity index (χ4v) is 1.96. The van der Waals surface area contributed by atoms with Crippen molar-refractivity contribution in [1.29, 1.82) is 5.26 Å². The minimum atomic E-state index is -0.541. The number of rotatable bonds is 4. The molecular formula is C16H12N2O3. The maximum Gasteiger partial charge on any atom is 0.266 e. The van der Waals surface area contributed by atoms with Crippen LogP contribution in [-0.2, 0) is 0 Å². The monoisotopic (exact) mass is 280 g/mol. The second kappa shape index (κ2) is 5.97. The zero-order valence-electron chi connectivity index (χ0n) is 11.3. The van der Waals surface area contributed by atoms with E-state index in [2.05, 4.69) is 4.98 Å². The zero-order chi connectivity index (χ0) is 15.4. The largest absolute Gasteiger partial charge is 0.325 e. The maximum atomic E-state index is 12.2. The number of aryl methyl sites for hydroxylation is 1. The second-order valence-corrected chi connectivity index (χ2v) is 4.55. The van der Waals surface area contributed by atoms with Crippen LogP contribution in [0.25, 0.3) is 0 Å². The van der Waals surface area contributed by atoms with E-state index in [0.29, 0.717) is 11.3 Å². The van der Waals surface area contributed by atoms with Gasteiger partial charge in [-0.15, -0.1) is 0 Å². The van der Waals surface area contributed by atoms with Gasteiger partial charge in [0.05, 0.1) is 6.42 Å². The molecule has 0 aliphatic rings. The third kappa shape index (κ3) is 3.12. The molecular weight excluding hydrogens is 268 g/mol. The molecule has 1 N–H and O–H groups in total. The quantitative estimate of drug-likeness (QED) is 0.685. The Bertz CT molecular complexity index is 799. The standard InChI is InChI=1S/C16H12N2O3/c1-10-13(7-12(9-17)16(21)18-10)15(20)8-14(19)11-5-3-2-4-6-11/h2-7H,8H2,1H3,(H,18,21). The van der Waals surface area contributed by atoms with Gasteiger partial charge < -0.3 is 4.98 Å². The predicted octanol–water partition coefficient (Wildman–Crippen LogP) is 2.01. The molecule has 0 unspecified atom stereocenters. The number of pyridine rings is 1. The summed E-state index contributed by atoms with van der Waals surface area (Å²) in [5, 5.41) is 8.83. The van der Waals surface area contributed by atoms with Crippen molar-refractivity contribution in [2.45, 2.75) is 13.3 Å². The first-order valence-electron chi connectivity index (χ1n) is 6.28. The number of hydrogen-bond donors (Lipinski definition) is 1. The van der Waals surface area contributed by atoms with Gasteiger partial charge in [-0.2, -0.15) is 5.26 Å². The molecule has 0 spiro atoms. The van der Waals surface area contributed by atoms with Gasteiger partial charge in [0.2, 0.25) is 0 Å². The number of carbonyl (C=O) groups is 2. The Morgan fingerprint density at radius 2 is 1.86 bits per heavy atom. The number of aromatic nitrogens is 1. The van der Waals surface area contributed by atoms with Gasteiger partial charge >= 0.3 is 0 Å². The van der Waals surface area contributed by atoms with Gasteiger partial charge in [0, 0.05) is 16.8 Å². The number of H-pyrrole nitrogens is 1. The molecule has 2 aromatic rings. The van der Waals surface area contributed by atoms with Crippen LogP contribution in [-0.4, -0.2) is 16.6 Å². The number of Topliss-reactive ketones (excluding diaryl/α,β-unsaturated/α-hetero) is 2. The molecule has 0 fully saturated rings. The summed E-state index contributed by atoms with van der Waals surface area (Å²) in [6, 6.07) is 11.4. The predicted molar refractivity (Wildman–Crippen MR) is 76.2 cm³/mol. The van der Waals surface area contributed by atoms with Crippen molar-refractivity contribution in [3.63, 3.8) is 0 Å². The lowest BCUT2D eigenvalue weighted by molar-refractivity contribution is 0.0893. The molecule has 0 radical (unpaired) electrons. The van der Waals surface area contributed by atoms with Gasteiger partial charge in [0.15, 0.2) is 11.6 Å². The lowest BCUT2D eigenvalue weighted by atomic mass is 10.00. The minimum Gasteiger partial charge on any atom is -0.325 e. The second-order valence-electron chi connectivity index (χ2n) is 4.55. The highest BCUT2D eigenvalue weighted by Crippen LogP contribution is 2.11. The Hall–Kier alpha value is -3.00. The molecule has 0 amide bonds. The average Bonchev–Trinajstić information content (AvgIpc) is 2.48. The van der Waals surface area contributed by atoms with E-state index in [4.69, 9.17) is 5.26 Å². The van der Waals surface area contributed by atoms with Crippen LogP contribution in [0.1, 0.15) is 38.4 Å². The number of benzene rings is 1. The van der Waals surface area contributed by atoms with Crippen LogP contribution in [0.3, 0.4) is 0 Å². The molecule has 1 aromatic heterocycles. The summed E-state index contributed by atoms with van der Waals surface area (Å²) in [5.74, 6) is -0.723. The van der Waals surface area contributed by atoms with Gasteiger partial charge in [-0.05, 0) is 13.0 Å². The number of nitrogens with one attached hydrogen (secondary N) is 1. The minimum absolute atomic E-state index is 0.142. The van der Waals surface area contributed by atoms with E-state index >= 15 is 0 Å². The molecule has 0 bridgehead atoms. The third-order valence-corrected chi connectivity index (χ3v) is 3.08. The maximum absolute atomic E-state index is 12.2. The van der Waals surface area contributed by atoms with Crippen molar-refractivity contribution in [3.8, 4) is 6.07 Å². The summed E-state index contributed by atoms with van der Waals surface area (Å²) >= 11 is 0. The molecule has 5 nitrogen and oxygen atoms in total. The Morgan fingerprint density at radius 3 is 2.48 bits per heavy atom. The fourth-order valence-electron chi connectivity index (χ4n) is 1.96. The Balaban J connectivity index is 2.28. The molecule has 0 saturated carbocycles. The van der Waals surface area contributed by atoms with Gasteiger partial charge in [0.1, 0.15) is 11.6 Å². The van der Waals surface area contributed by atoms with Crippen LogP contribution in [0.4, 0.5) is 0 Å². The van der Waals surface area contributed by atoms with Gasteiger partial charge in [0.25, 0.3) is 5.56 Å². The number of carbonyl (C=O) groups excluding carboxylic acids is 2. The summed E-state index contributed by atoms with van der Waals surface area (Å²) < 4.78 is 0. The van der Waals surface area contributed by atoms with Crippen LogP contribution < -0.4 is 5.56 Å². The molecule has 0 aliphatic carbocycles. The molecule has 0 aliphatic heterocycles. The normalized spacial score (nSPS) is 9.90. The Kier molecular flexibility index (Phi) is 4.10. The Morgan fingerprint density at radius 1 is 1.19 bits per heavy atom. The summed E-state index contributed by atoms with van der Waals surface area (Å²) in [6.07, 6.45) is -0.304. The number of hydrogen-bond acceptors (Lipinski definition) is 4. The van der Waals surface area contributed by atoms with E-state index in [1.54, 1.807) is 43.3 Å². The summed E-state index contributed by atoms with van der Waals surface area (Å²) in [7, 11) is 0. The third-order valence-electron chi connectivity index (χ3n) is 3.08. The van der Waals surface area contributed by atoms with Gasteiger partial charge in [-0.3, -0.25) is 14.4 Å². The van der Waals surface area contributed by atoms with Gasteiger partial charge in [-0.25, -0.2) is 0 Å². The van der Waals surface area contributed by atoms with E-state index in [9.17, 15) is 14.4 Å². The topological polar surface area (TPSA) is 90.8 Å². The first-order valence-corrected chi connectivity index (χ1v) is 6.28. The van der Waals surface area contributed by atoms with Crippen molar-refractivity contribution in [3.05, 3.63) is 69.1 Å². The average molecular weight is 280 g/mol. The highest BCUT2D eigenvalue weighted by Gasteiger charge is 2.17. The number of nitriles is 1. The van der Waals surface area contributed by atoms with Crippen LogP contribution in [0.15, 0.2) is 41.2 Å². The summed E-state index contributed by atoms with van der Waals surface area (Å²) in [6.45, 7) is 1.56. The smallest absolute Gasteiger partial charge is 0.266 e. The SMILES string of the molecule is Cc1[nH]c(=O)c(C#N)cc1C(=O)CC(=O)c1ccccc1. The lowest BCUT2D eigenvalue weighted by Gasteiger charge is -2.05.